The van der Waals surface area contributed by atoms with Crippen LogP contribution in [0.15, 0.2) is 24.9 Å². The number of ether oxygens (including phenoxy) is 1. The van der Waals surface area contributed by atoms with Crippen molar-refractivity contribution in [2.45, 2.75) is 13.5 Å². The van der Waals surface area contributed by atoms with Crippen molar-refractivity contribution in [3.63, 3.8) is 0 Å². The molecule has 1 aromatic rings. The molecular formula is C10H13NO2. The lowest BCUT2D eigenvalue weighted by atomic mass is 10.2. The fourth-order valence-corrected chi connectivity index (χ4v) is 0.941. The van der Waals surface area contributed by atoms with Crippen LogP contribution in [0, 0.1) is 0 Å². The Hall–Kier alpha value is -1.35. The number of rotatable bonds is 4. The smallest absolute Gasteiger partial charge is 0.120 e. The van der Waals surface area contributed by atoms with Crippen LogP contribution in [0.4, 0.5) is 0 Å². The number of pyridine rings is 1. The highest BCUT2D eigenvalue weighted by Crippen LogP contribution is 2.12. The van der Waals surface area contributed by atoms with E-state index in [1.807, 2.05) is 13.0 Å². The van der Waals surface area contributed by atoms with E-state index in [-0.39, 0.29) is 6.61 Å². The Labute approximate surface area is 77.7 Å². The van der Waals surface area contributed by atoms with Gasteiger partial charge in [-0.1, -0.05) is 6.58 Å². The molecule has 3 nitrogen and oxygen atoms in total. The van der Waals surface area contributed by atoms with Crippen molar-refractivity contribution in [1.82, 2.24) is 4.98 Å². The van der Waals surface area contributed by atoms with Gasteiger partial charge < -0.3 is 9.84 Å². The molecule has 0 saturated heterocycles. The molecule has 0 unspecified atom stereocenters. The molecule has 70 valence electrons. The Morgan fingerprint density at radius 1 is 1.62 bits per heavy atom. The van der Waals surface area contributed by atoms with Crippen molar-refractivity contribution in [3.05, 3.63) is 36.2 Å². The van der Waals surface area contributed by atoms with Gasteiger partial charge in [-0.05, 0) is 19.1 Å². The van der Waals surface area contributed by atoms with Gasteiger partial charge >= 0.3 is 0 Å². The van der Waals surface area contributed by atoms with E-state index in [0.717, 1.165) is 5.56 Å². The van der Waals surface area contributed by atoms with Gasteiger partial charge in [0.05, 0.1) is 18.9 Å². The average molecular weight is 179 g/mol. The van der Waals surface area contributed by atoms with Crippen LogP contribution in [0.1, 0.15) is 18.2 Å². The first-order chi connectivity index (χ1) is 6.27. The second-order valence-corrected chi connectivity index (χ2v) is 2.55. The van der Waals surface area contributed by atoms with E-state index in [9.17, 15) is 0 Å². The highest BCUT2D eigenvalue weighted by molar-refractivity contribution is 5.56. The third-order valence-corrected chi connectivity index (χ3v) is 1.63. The van der Waals surface area contributed by atoms with Crippen LogP contribution in [0.5, 0.6) is 0 Å². The fourth-order valence-electron chi connectivity index (χ4n) is 0.941. The quantitative estimate of drug-likeness (QED) is 0.713. The maximum atomic E-state index is 8.75. The van der Waals surface area contributed by atoms with E-state index in [1.54, 1.807) is 12.3 Å². The number of aliphatic hydroxyl groups is 1. The molecule has 0 aliphatic heterocycles. The van der Waals surface area contributed by atoms with Gasteiger partial charge in [-0.2, -0.15) is 0 Å². The average Bonchev–Trinajstić information content (AvgIpc) is 2.18. The molecular weight excluding hydrogens is 166 g/mol. The Balaban J connectivity index is 2.74. The summed E-state index contributed by atoms with van der Waals surface area (Å²) in [6, 6.07) is 3.58. The first-order valence-corrected chi connectivity index (χ1v) is 4.15. The second kappa shape index (κ2) is 4.62. The van der Waals surface area contributed by atoms with Crippen molar-refractivity contribution in [1.29, 1.82) is 0 Å². The lowest BCUT2D eigenvalue weighted by Crippen LogP contribution is -1.93. The zero-order valence-electron chi connectivity index (χ0n) is 7.66. The predicted molar refractivity (Wildman–Crippen MR) is 50.8 cm³/mol. The van der Waals surface area contributed by atoms with Gasteiger partial charge in [0, 0.05) is 11.8 Å². The summed E-state index contributed by atoms with van der Waals surface area (Å²) in [6.45, 7) is 6.21. The molecule has 0 saturated carbocycles. The molecule has 0 fully saturated rings. The molecule has 0 aromatic carbocycles. The van der Waals surface area contributed by atoms with Crippen molar-refractivity contribution in [3.8, 4) is 0 Å². The van der Waals surface area contributed by atoms with Crippen LogP contribution in [0.25, 0.3) is 5.76 Å². The van der Waals surface area contributed by atoms with Gasteiger partial charge in [-0.3, -0.25) is 4.98 Å². The summed E-state index contributed by atoms with van der Waals surface area (Å²) >= 11 is 0. The van der Waals surface area contributed by atoms with Gasteiger partial charge in [0.15, 0.2) is 0 Å². The van der Waals surface area contributed by atoms with Crippen LogP contribution in [-0.4, -0.2) is 16.7 Å². The molecule has 0 aliphatic rings. The number of aliphatic hydroxyl groups excluding tert-OH is 1. The maximum absolute atomic E-state index is 8.75. The molecule has 13 heavy (non-hydrogen) atoms. The monoisotopic (exact) mass is 179 g/mol. The van der Waals surface area contributed by atoms with Crippen molar-refractivity contribution >= 4 is 5.76 Å². The minimum atomic E-state index is -0.0403. The molecule has 1 aromatic heterocycles. The van der Waals surface area contributed by atoms with Gasteiger partial charge in [0.1, 0.15) is 5.76 Å². The van der Waals surface area contributed by atoms with Crippen LogP contribution in [0.3, 0.4) is 0 Å². The molecule has 0 radical (unpaired) electrons. The molecule has 0 aliphatic carbocycles. The van der Waals surface area contributed by atoms with E-state index in [2.05, 4.69) is 11.6 Å². The van der Waals surface area contributed by atoms with E-state index >= 15 is 0 Å². The molecule has 3 heteroatoms. The molecule has 0 spiro atoms. The molecule has 0 bridgehead atoms. The zero-order chi connectivity index (χ0) is 9.68. The molecule has 0 amide bonds. The van der Waals surface area contributed by atoms with Gasteiger partial charge in [0.2, 0.25) is 0 Å². The van der Waals surface area contributed by atoms with Crippen LogP contribution in [-0.2, 0) is 11.3 Å². The minimum absolute atomic E-state index is 0.0403. The highest BCUT2D eigenvalue weighted by Gasteiger charge is 1.99. The first kappa shape index (κ1) is 9.74. The standard InChI is InChI=1S/C10H13NO2/c1-3-13-8(2)9-4-5-10(7-12)11-6-9/h4-6,12H,2-3,7H2,1H3. The predicted octanol–water partition coefficient (Wildman–Crippen LogP) is 1.58. The normalized spacial score (nSPS) is 9.69. The summed E-state index contributed by atoms with van der Waals surface area (Å²) in [5, 5.41) is 8.75. The lowest BCUT2D eigenvalue weighted by Gasteiger charge is -2.06. The van der Waals surface area contributed by atoms with E-state index in [1.165, 1.54) is 0 Å². The van der Waals surface area contributed by atoms with Crippen molar-refractivity contribution < 1.29 is 9.84 Å². The third kappa shape index (κ3) is 2.56. The van der Waals surface area contributed by atoms with Crippen LogP contribution in [0.2, 0.25) is 0 Å². The largest absolute Gasteiger partial charge is 0.494 e. The topological polar surface area (TPSA) is 42.4 Å². The summed E-state index contributed by atoms with van der Waals surface area (Å²) in [5.74, 6) is 0.611. The lowest BCUT2D eigenvalue weighted by molar-refractivity contribution is 0.276. The molecule has 1 rings (SSSR count). The number of hydrogen-bond donors (Lipinski definition) is 1. The minimum Gasteiger partial charge on any atom is -0.494 e. The number of aromatic nitrogens is 1. The zero-order valence-corrected chi connectivity index (χ0v) is 7.66. The summed E-state index contributed by atoms with van der Waals surface area (Å²) in [6.07, 6.45) is 1.64. The number of hydrogen-bond acceptors (Lipinski definition) is 3. The fraction of sp³-hybridized carbons (Fsp3) is 0.300. The Morgan fingerprint density at radius 2 is 2.38 bits per heavy atom. The Morgan fingerprint density at radius 3 is 2.85 bits per heavy atom. The summed E-state index contributed by atoms with van der Waals surface area (Å²) in [4.78, 5) is 4.01. The van der Waals surface area contributed by atoms with Gasteiger partial charge in [0.25, 0.3) is 0 Å². The van der Waals surface area contributed by atoms with Crippen LogP contribution < -0.4 is 0 Å². The molecule has 1 heterocycles. The van der Waals surface area contributed by atoms with Crippen molar-refractivity contribution in [2.75, 3.05) is 6.61 Å². The van der Waals surface area contributed by atoms with E-state index in [0.29, 0.717) is 18.1 Å². The summed E-state index contributed by atoms with van der Waals surface area (Å²) in [5.41, 5.74) is 1.49. The molecule has 1 N–H and O–H groups in total. The summed E-state index contributed by atoms with van der Waals surface area (Å²) < 4.78 is 5.20. The van der Waals surface area contributed by atoms with E-state index in [4.69, 9.17) is 9.84 Å². The summed E-state index contributed by atoms with van der Waals surface area (Å²) in [7, 11) is 0. The van der Waals surface area contributed by atoms with Gasteiger partial charge in [-0.25, -0.2) is 0 Å². The molecule has 0 atom stereocenters. The first-order valence-electron chi connectivity index (χ1n) is 4.15. The van der Waals surface area contributed by atoms with Crippen molar-refractivity contribution in [2.24, 2.45) is 0 Å². The Kier molecular flexibility index (Phi) is 3.46. The van der Waals surface area contributed by atoms with Crippen LogP contribution >= 0.6 is 0 Å². The third-order valence-electron chi connectivity index (χ3n) is 1.63. The Bertz CT molecular complexity index is 279. The SMILES string of the molecule is C=C(OCC)c1ccc(CO)nc1. The van der Waals surface area contributed by atoms with Gasteiger partial charge in [-0.15, -0.1) is 0 Å². The second-order valence-electron chi connectivity index (χ2n) is 2.55. The maximum Gasteiger partial charge on any atom is 0.120 e. The highest BCUT2D eigenvalue weighted by atomic mass is 16.5. The number of nitrogens with zero attached hydrogens (tertiary/aromatic N) is 1. The van der Waals surface area contributed by atoms with E-state index < -0.39 is 0 Å².